The lowest BCUT2D eigenvalue weighted by Gasteiger charge is -2.10. The number of aliphatic hydroxyl groups is 1. The van der Waals surface area contributed by atoms with Crippen molar-refractivity contribution >= 4 is 6.09 Å². The Balaban J connectivity index is 3.72. The van der Waals surface area contributed by atoms with Crippen molar-refractivity contribution in [1.82, 2.24) is 5.32 Å². The molecule has 0 aliphatic heterocycles. The Morgan fingerprint density at radius 3 is 2.93 bits per heavy atom. The molecule has 0 aromatic heterocycles. The number of rotatable bonds is 7. The van der Waals surface area contributed by atoms with E-state index in [9.17, 15) is 4.79 Å². The molecule has 1 amide bonds. The number of nitrogens with one attached hydrogen (secondary N) is 1. The summed E-state index contributed by atoms with van der Waals surface area (Å²) in [6.07, 6.45) is -1.66. The molecule has 14 heavy (non-hydrogen) atoms. The smallest absolute Gasteiger partial charge is 0.404 e. The van der Waals surface area contributed by atoms with Crippen LogP contribution in [0.25, 0.3) is 10.4 Å². The topological polar surface area (TPSA) is 128 Å². The number of ether oxygens (including phenoxy) is 1. The van der Waals surface area contributed by atoms with Crippen LogP contribution in [0.3, 0.4) is 0 Å². The van der Waals surface area contributed by atoms with Crippen LogP contribution >= 0.6 is 0 Å². The number of carboxylic acid groups (broad SMARTS) is 1. The average molecular weight is 204 g/mol. The zero-order valence-electron chi connectivity index (χ0n) is 7.46. The van der Waals surface area contributed by atoms with E-state index in [4.69, 9.17) is 20.5 Å². The van der Waals surface area contributed by atoms with Gasteiger partial charge in [0.25, 0.3) is 0 Å². The summed E-state index contributed by atoms with van der Waals surface area (Å²) in [4.78, 5) is 12.6. The number of hydrogen-bond donors (Lipinski definition) is 3. The molecule has 0 aliphatic carbocycles. The molecule has 0 heterocycles. The normalized spacial score (nSPS) is 11.5. The van der Waals surface area contributed by atoms with Gasteiger partial charge >= 0.3 is 6.09 Å². The molecule has 0 saturated carbocycles. The van der Waals surface area contributed by atoms with Crippen LogP contribution in [-0.2, 0) is 4.74 Å². The first-order chi connectivity index (χ1) is 6.70. The molecule has 80 valence electrons. The highest BCUT2D eigenvalue weighted by Gasteiger charge is 2.06. The molecule has 0 spiro atoms. The largest absolute Gasteiger partial charge is 0.465 e. The van der Waals surface area contributed by atoms with Crippen molar-refractivity contribution in [1.29, 1.82) is 0 Å². The Morgan fingerprint density at radius 2 is 2.43 bits per heavy atom. The Morgan fingerprint density at radius 1 is 1.71 bits per heavy atom. The summed E-state index contributed by atoms with van der Waals surface area (Å²) in [7, 11) is 0. The Bertz CT molecular complexity index is 216. The van der Waals surface area contributed by atoms with Crippen molar-refractivity contribution in [2.24, 2.45) is 5.11 Å². The van der Waals surface area contributed by atoms with Gasteiger partial charge in [-0.2, -0.15) is 0 Å². The van der Waals surface area contributed by atoms with Crippen LogP contribution in [0.2, 0.25) is 0 Å². The van der Waals surface area contributed by atoms with Gasteiger partial charge in [0.15, 0.2) is 0 Å². The summed E-state index contributed by atoms with van der Waals surface area (Å²) in [6.45, 7) is 0.00497. The predicted molar refractivity (Wildman–Crippen MR) is 46.6 cm³/mol. The third-order valence-corrected chi connectivity index (χ3v) is 1.25. The van der Waals surface area contributed by atoms with Crippen LogP contribution in [0.5, 0.6) is 0 Å². The summed E-state index contributed by atoms with van der Waals surface area (Å²) in [6, 6.07) is 0. The summed E-state index contributed by atoms with van der Waals surface area (Å²) < 4.78 is 4.91. The van der Waals surface area contributed by atoms with Gasteiger partial charge in [0, 0.05) is 11.5 Å². The van der Waals surface area contributed by atoms with Gasteiger partial charge in [-0.05, 0) is 12.0 Å². The second-order valence-electron chi connectivity index (χ2n) is 2.27. The lowest BCUT2D eigenvalue weighted by atomic mass is 10.4. The highest BCUT2D eigenvalue weighted by Crippen LogP contribution is 1.99. The van der Waals surface area contributed by atoms with Crippen molar-refractivity contribution in [2.75, 3.05) is 19.8 Å². The maximum atomic E-state index is 10.1. The van der Waals surface area contributed by atoms with Gasteiger partial charge in [0.05, 0.1) is 13.2 Å². The Labute approximate surface area is 80.1 Å². The lowest BCUT2D eigenvalue weighted by Crippen LogP contribution is -2.26. The fourth-order valence-corrected chi connectivity index (χ4v) is 0.723. The minimum atomic E-state index is -1.15. The maximum absolute atomic E-state index is 10.1. The summed E-state index contributed by atoms with van der Waals surface area (Å²) in [5.74, 6) is 0. The molecule has 1 atom stereocenters. The number of carbonyl (C=O) groups is 1. The van der Waals surface area contributed by atoms with E-state index >= 15 is 0 Å². The third kappa shape index (κ3) is 7.17. The van der Waals surface area contributed by atoms with Crippen molar-refractivity contribution in [3.63, 3.8) is 0 Å². The molecule has 0 saturated heterocycles. The van der Waals surface area contributed by atoms with Crippen molar-refractivity contribution < 1.29 is 19.7 Å². The molecule has 0 aromatic rings. The van der Waals surface area contributed by atoms with Crippen molar-refractivity contribution in [3.8, 4) is 0 Å². The van der Waals surface area contributed by atoms with Gasteiger partial charge in [-0.1, -0.05) is 5.11 Å². The van der Waals surface area contributed by atoms with Crippen LogP contribution in [0.4, 0.5) is 4.79 Å². The van der Waals surface area contributed by atoms with E-state index in [1.807, 2.05) is 0 Å². The highest BCUT2D eigenvalue weighted by atomic mass is 16.5. The van der Waals surface area contributed by atoms with E-state index in [2.05, 4.69) is 15.3 Å². The predicted octanol–water partition coefficient (Wildman–Crippen LogP) is 0.289. The van der Waals surface area contributed by atoms with Gasteiger partial charge in [0.1, 0.15) is 6.23 Å². The lowest BCUT2D eigenvalue weighted by molar-refractivity contribution is 0.0284. The molecule has 0 bridgehead atoms. The van der Waals surface area contributed by atoms with Crippen LogP contribution in [0.15, 0.2) is 5.11 Å². The molecule has 0 aromatic carbocycles. The molecule has 1 unspecified atom stereocenters. The zero-order chi connectivity index (χ0) is 10.8. The fourth-order valence-electron chi connectivity index (χ4n) is 0.723. The number of azide groups is 1. The molecule has 3 N–H and O–H groups in total. The first kappa shape index (κ1) is 12.5. The molecule has 8 heteroatoms. The molecule has 8 nitrogen and oxygen atoms in total. The minimum Gasteiger partial charge on any atom is -0.465 e. The molecular weight excluding hydrogens is 192 g/mol. The van der Waals surface area contributed by atoms with E-state index in [1.165, 1.54) is 0 Å². The number of nitrogens with zero attached hydrogens (tertiary/aromatic N) is 3. The monoisotopic (exact) mass is 204 g/mol. The zero-order valence-corrected chi connectivity index (χ0v) is 7.46. The third-order valence-electron chi connectivity index (χ3n) is 1.25. The van der Waals surface area contributed by atoms with Crippen molar-refractivity contribution in [3.05, 3.63) is 10.4 Å². The van der Waals surface area contributed by atoms with Gasteiger partial charge in [0.2, 0.25) is 0 Å². The van der Waals surface area contributed by atoms with Gasteiger partial charge in [-0.15, -0.1) is 0 Å². The maximum Gasteiger partial charge on any atom is 0.404 e. The molecule has 0 aliphatic rings. The molecule has 0 fully saturated rings. The number of hydrogen-bond acceptors (Lipinski definition) is 4. The number of amides is 1. The first-order valence-corrected chi connectivity index (χ1v) is 3.94. The molecular formula is C6H12N4O4. The second-order valence-corrected chi connectivity index (χ2v) is 2.27. The van der Waals surface area contributed by atoms with E-state index in [0.29, 0.717) is 0 Å². The molecule has 0 rings (SSSR count). The van der Waals surface area contributed by atoms with E-state index in [0.717, 1.165) is 0 Å². The van der Waals surface area contributed by atoms with Gasteiger partial charge in [-0.25, -0.2) is 4.79 Å². The van der Waals surface area contributed by atoms with Crippen LogP contribution in [-0.4, -0.2) is 42.3 Å². The average Bonchev–Trinajstić information content (AvgIpc) is 2.13. The van der Waals surface area contributed by atoms with Crippen LogP contribution < -0.4 is 5.32 Å². The van der Waals surface area contributed by atoms with Gasteiger partial charge in [-0.3, -0.25) is 0 Å². The molecule has 0 radical (unpaired) electrons. The Kier molecular flexibility index (Phi) is 7.24. The number of aliphatic hydroxyl groups excluding tert-OH is 1. The van der Waals surface area contributed by atoms with E-state index in [-0.39, 0.29) is 26.2 Å². The van der Waals surface area contributed by atoms with E-state index < -0.39 is 12.3 Å². The van der Waals surface area contributed by atoms with Crippen LogP contribution in [0, 0.1) is 0 Å². The SMILES string of the molecule is [N-]=[N+]=NC(CCNC(=O)O)OCCO. The van der Waals surface area contributed by atoms with Crippen molar-refractivity contribution in [2.45, 2.75) is 12.6 Å². The standard InChI is InChI=1S/C6H12N4O4/c7-10-9-5(14-4-3-11)1-2-8-6(12)13/h5,8,11H,1-4H2,(H,12,13). The summed E-state index contributed by atoms with van der Waals surface area (Å²) in [5.41, 5.74) is 8.12. The fraction of sp³-hybridized carbons (Fsp3) is 0.833. The Hall–Kier alpha value is -1.50. The quantitative estimate of drug-likeness (QED) is 0.312. The highest BCUT2D eigenvalue weighted by molar-refractivity contribution is 5.64. The van der Waals surface area contributed by atoms with Gasteiger partial charge < -0.3 is 20.3 Å². The minimum absolute atomic E-state index is 0.0523. The summed E-state index contributed by atoms with van der Waals surface area (Å²) >= 11 is 0. The van der Waals surface area contributed by atoms with E-state index in [1.54, 1.807) is 0 Å². The first-order valence-electron chi connectivity index (χ1n) is 3.94. The summed E-state index contributed by atoms with van der Waals surface area (Å²) in [5, 5.41) is 22.0. The second kappa shape index (κ2) is 8.11. The van der Waals surface area contributed by atoms with Crippen LogP contribution in [0.1, 0.15) is 6.42 Å².